The highest BCUT2D eigenvalue weighted by molar-refractivity contribution is 6.37. The van der Waals surface area contributed by atoms with Gasteiger partial charge in [0.25, 0.3) is 0 Å². The largest absolute Gasteiger partial charge is 0.491 e. The van der Waals surface area contributed by atoms with E-state index in [-0.39, 0.29) is 12.4 Å². The van der Waals surface area contributed by atoms with Gasteiger partial charge in [0.05, 0.1) is 18.2 Å². The molecular weight excluding hydrogens is 347 g/mol. The summed E-state index contributed by atoms with van der Waals surface area (Å²) in [5.74, 6) is 0.750. The minimum absolute atomic E-state index is 0. The number of morpholine rings is 1. The number of fused-ring (bicyclic) bond motifs is 1. The lowest BCUT2D eigenvalue weighted by Gasteiger charge is -2.26. The summed E-state index contributed by atoms with van der Waals surface area (Å²) >= 11 is 6.42. The van der Waals surface area contributed by atoms with Gasteiger partial charge in [0.15, 0.2) is 0 Å². The van der Waals surface area contributed by atoms with Crippen LogP contribution in [-0.4, -0.2) is 57.4 Å². The summed E-state index contributed by atoms with van der Waals surface area (Å²) in [4.78, 5) is 2.41. The van der Waals surface area contributed by atoms with E-state index in [1.807, 2.05) is 30.3 Å². The Labute approximate surface area is 154 Å². The molecule has 1 N–H and O–H groups in total. The van der Waals surface area contributed by atoms with E-state index in [1.165, 1.54) is 0 Å². The van der Waals surface area contributed by atoms with Crippen LogP contribution in [0.25, 0.3) is 10.8 Å². The molecule has 0 aromatic heterocycles. The average Bonchev–Trinajstić information content (AvgIpc) is 2.61. The highest BCUT2D eigenvalue weighted by Crippen LogP contribution is 2.32. The molecule has 0 spiro atoms. The van der Waals surface area contributed by atoms with Crippen molar-refractivity contribution < 1.29 is 9.47 Å². The first-order valence-corrected chi connectivity index (χ1v) is 8.53. The fraction of sp³-hybridized carbons (Fsp3) is 0.444. The lowest BCUT2D eigenvalue weighted by atomic mass is 10.1. The van der Waals surface area contributed by atoms with Crippen molar-refractivity contribution >= 4 is 34.8 Å². The average molecular weight is 371 g/mol. The van der Waals surface area contributed by atoms with Gasteiger partial charge < -0.3 is 14.8 Å². The maximum Gasteiger partial charge on any atom is 0.138 e. The molecular formula is C18H24Cl2N2O2. The summed E-state index contributed by atoms with van der Waals surface area (Å²) in [6.45, 7) is 7.21. The molecule has 4 nitrogen and oxygen atoms in total. The van der Waals surface area contributed by atoms with Crippen molar-refractivity contribution in [3.63, 3.8) is 0 Å². The minimum atomic E-state index is 0. The van der Waals surface area contributed by atoms with Crippen LogP contribution in [0.5, 0.6) is 5.75 Å². The number of benzene rings is 2. The van der Waals surface area contributed by atoms with Crippen LogP contribution in [0.15, 0.2) is 36.4 Å². The van der Waals surface area contributed by atoms with Gasteiger partial charge in [-0.05, 0) is 11.5 Å². The maximum absolute atomic E-state index is 6.42. The normalized spacial score (nSPS) is 15.2. The number of rotatable bonds is 7. The summed E-state index contributed by atoms with van der Waals surface area (Å²) in [5, 5.41) is 6.27. The molecule has 1 fully saturated rings. The summed E-state index contributed by atoms with van der Waals surface area (Å²) < 4.78 is 11.1. The molecule has 132 valence electrons. The number of halogens is 2. The van der Waals surface area contributed by atoms with Crippen molar-refractivity contribution in [2.75, 3.05) is 52.5 Å². The van der Waals surface area contributed by atoms with E-state index >= 15 is 0 Å². The number of nitrogens with one attached hydrogen (secondary N) is 1. The number of ether oxygens (including phenoxy) is 2. The summed E-state index contributed by atoms with van der Waals surface area (Å²) in [6.07, 6.45) is 0. The standard InChI is InChI=1S/C18H23ClN2O2.ClH/c19-18-16-4-2-1-3-15(16)5-6-17(18)23-12-8-20-7-9-21-10-13-22-14-11-21;/h1-6,20H,7-14H2;1H. The molecule has 0 atom stereocenters. The Morgan fingerprint density at radius 2 is 1.88 bits per heavy atom. The zero-order chi connectivity index (χ0) is 15.9. The van der Waals surface area contributed by atoms with E-state index < -0.39 is 0 Å². The molecule has 2 aromatic carbocycles. The van der Waals surface area contributed by atoms with Crippen molar-refractivity contribution in [3.8, 4) is 5.75 Å². The van der Waals surface area contributed by atoms with Crippen molar-refractivity contribution in [1.29, 1.82) is 0 Å². The molecule has 6 heteroatoms. The van der Waals surface area contributed by atoms with Gasteiger partial charge >= 0.3 is 0 Å². The molecule has 2 aromatic rings. The molecule has 0 radical (unpaired) electrons. The number of hydrogen-bond acceptors (Lipinski definition) is 4. The van der Waals surface area contributed by atoms with Gasteiger partial charge in [-0.15, -0.1) is 12.4 Å². The summed E-state index contributed by atoms with van der Waals surface area (Å²) in [7, 11) is 0. The van der Waals surface area contributed by atoms with Gasteiger partial charge in [0, 0.05) is 38.1 Å². The summed E-state index contributed by atoms with van der Waals surface area (Å²) in [5.41, 5.74) is 0. The number of nitrogens with zero attached hydrogens (tertiary/aromatic N) is 1. The Balaban J connectivity index is 0.00000208. The molecule has 1 saturated heterocycles. The predicted molar refractivity (Wildman–Crippen MR) is 102 cm³/mol. The maximum atomic E-state index is 6.42. The van der Waals surface area contributed by atoms with Crippen LogP contribution in [0.4, 0.5) is 0 Å². The van der Waals surface area contributed by atoms with Crippen LogP contribution in [0.2, 0.25) is 5.02 Å². The second-order valence-electron chi connectivity index (χ2n) is 5.65. The molecule has 0 aliphatic carbocycles. The van der Waals surface area contributed by atoms with Gasteiger partial charge in [0.1, 0.15) is 12.4 Å². The van der Waals surface area contributed by atoms with E-state index in [0.29, 0.717) is 11.6 Å². The van der Waals surface area contributed by atoms with E-state index in [1.54, 1.807) is 0 Å². The molecule has 0 bridgehead atoms. The third kappa shape index (κ3) is 5.23. The second-order valence-corrected chi connectivity index (χ2v) is 6.03. The second kappa shape index (κ2) is 10.1. The minimum Gasteiger partial charge on any atom is -0.491 e. The van der Waals surface area contributed by atoms with Crippen LogP contribution in [0.3, 0.4) is 0 Å². The highest BCUT2D eigenvalue weighted by Gasteiger charge is 2.09. The molecule has 3 rings (SSSR count). The van der Waals surface area contributed by atoms with E-state index in [0.717, 1.165) is 62.5 Å². The monoisotopic (exact) mass is 370 g/mol. The molecule has 0 unspecified atom stereocenters. The Morgan fingerprint density at radius 3 is 2.71 bits per heavy atom. The Morgan fingerprint density at radius 1 is 1.08 bits per heavy atom. The first-order valence-electron chi connectivity index (χ1n) is 8.15. The van der Waals surface area contributed by atoms with Crippen LogP contribution in [-0.2, 0) is 4.74 Å². The first kappa shape index (κ1) is 19.3. The highest BCUT2D eigenvalue weighted by atomic mass is 35.5. The van der Waals surface area contributed by atoms with E-state index in [4.69, 9.17) is 21.1 Å². The van der Waals surface area contributed by atoms with Crippen molar-refractivity contribution in [2.24, 2.45) is 0 Å². The van der Waals surface area contributed by atoms with Gasteiger partial charge in [0.2, 0.25) is 0 Å². The molecule has 0 amide bonds. The Kier molecular flexibility index (Phi) is 8.09. The van der Waals surface area contributed by atoms with Gasteiger partial charge in [-0.25, -0.2) is 0 Å². The Bertz CT molecular complexity index is 633. The van der Waals surface area contributed by atoms with Crippen LogP contribution in [0.1, 0.15) is 0 Å². The molecule has 0 saturated carbocycles. The quantitative estimate of drug-likeness (QED) is 0.758. The first-order chi connectivity index (χ1) is 11.3. The van der Waals surface area contributed by atoms with Gasteiger partial charge in [-0.3, -0.25) is 4.90 Å². The smallest absolute Gasteiger partial charge is 0.138 e. The Hall–Kier alpha value is -1.04. The summed E-state index contributed by atoms with van der Waals surface area (Å²) in [6, 6.07) is 12.1. The lowest BCUT2D eigenvalue weighted by Crippen LogP contribution is -2.40. The number of hydrogen-bond donors (Lipinski definition) is 1. The van der Waals surface area contributed by atoms with Crippen molar-refractivity contribution in [3.05, 3.63) is 41.4 Å². The van der Waals surface area contributed by atoms with Crippen LogP contribution >= 0.6 is 24.0 Å². The topological polar surface area (TPSA) is 33.7 Å². The molecule has 1 aliphatic heterocycles. The van der Waals surface area contributed by atoms with Crippen LogP contribution in [0, 0.1) is 0 Å². The SMILES string of the molecule is Cl.Clc1c(OCCNCCN2CCOCC2)ccc2ccccc12. The van der Waals surface area contributed by atoms with Gasteiger partial charge in [-0.1, -0.05) is 41.9 Å². The fourth-order valence-corrected chi connectivity index (χ4v) is 3.03. The zero-order valence-electron chi connectivity index (χ0n) is 13.7. The lowest BCUT2D eigenvalue weighted by molar-refractivity contribution is 0.0383. The van der Waals surface area contributed by atoms with E-state index in [9.17, 15) is 0 Å². The third-order valence-electron chi connectivity index (χ3n) is 4.07. The fourth-order valence-electron chi connectivity index (χ4n) is 2.75. The van der Waals surface area contributed by atoms with Crippen LogP contribution < -0.4 is 10.1 Å². The van der Waals surface area contributed by atoms with E-state index in [2.05, 4.69) is 16.3 Å². The zero-order valence-corrected chi connectivity index (χ0v) is 15.2. The molecule has 1 heterocycles. The third-order valence-corrected chi connectivity index (χ3v) is 4.46. The van der Waals surface area contributed by atoms with Crippen molar-refractivity contribution in [2.45, 2.75) is 0 Å². The van der Waals surface area contributed by atoms with Crippen molar-refractivity contribution in [1.82, 2.24) is 10.2 Å². The van der Waals surface area contributed by atoms with Gasteiger partial charge in [-0.2, -0.15) is 0 Å². The molecule has 24 heavy (non-hydrogen) atoms. The predicted octanol–water partition coefficient (Wildman–Crippen LogP) is 3.22. The molecule has 1 aliphatic rings.